The van der Waals surface area contributed by atoms with Crippen LogP contribution in [-0.4, -0.2) is 28.9 Å². The Morgan fingerprint density at radius 1 is 1.35 bits per heavy atom. The van der Waals surface area contributed by atoms with Gasteiger partial charge in [0.25, 0.3) is 5.91 Å². The van der Waals surface area contributed by atoms with E-state index in [4.69, 9.17) is 0 Å². The number of hydrogen-bond donors (Lipinski definition) is 1. The summed E-state index contributed by atoms with van der Waals surface area (Å²) < 4.78 is 0. The zero-order chi connectivity index (χ0) is 14.3. The van der Waals surface area contributed by atoms with Gasteiger partial charge in [0.05, 0.1) is 6.54 Å². The Morgan fingerprint density at radius 3 is 2.75 bits per heavy atom. The fourth-order valence-electron chi connectivity index (χ4n) is 3.11. The summed E-state index contributed by atoms with van der Waals surface area (Å²) in [6.45, 7) is 5.90. The normalized spacial score (nSPS) is 24.8. The minimum atomic E-state index is -0.749. The first-order valence-corrected chi connectivity index (χ1v) is 6.87. The topological polar surface area (TPSA) is 49.4 Å². The summed E-state index contributed by atoms with van der Waals surface area (Å²) >= 11 is 0. The third-order valence-corrected chi connectivity index (χ3v) is 4.11. The monoisotopic (exact) mass is 270 g/mol. The fourth-order valence-corrected chi connectivity index (χ4v) is 3.11. The number of nitrogens with zero attached hydrogens (tertiary/aromatic N) is 1. The van der Waals surface area contributed by atoms with Crippen LogP contribution in [0.15, 0.2) is 36.4 Å². The van der Waals surface area contributed by atoms with Crippen LogP contribution in [0.1, 0.15) is 24.5 Å². The summed E-state index contributed by atoms with van der Waals surface area (Å²) in [5.41, 5.74) is 2.49. The van der Waals surface area contributed by atoms with E-state index in [0.717, 1.165) is 17.6 Å². The van der Waals surface area contributed by atoms with Gasteiger partial charge in [-0.3, -0.25) is 9.69 Å². The molecular weight excluding hydrogens is 252 g/mol. The van der Waals surface area contributed by atoms with E-state index in [1.807, 2.05) is 25.1 Å². The molecule has 1 N–H and O–H groups in total. The van der Waals surface area contributed by atoms with Gasteiger partial charge >= 0.3 is 6.03 Å². The predicted octanol–water partition coefficient (Wildman–Crippen LogP) is 2.04. The third-order valence-electron chi connectivity index (χ3n) is 4.11. The third kappa shape index (κ3) is 1.92. The molecule has 1 aliphatic carbocycles. The molecule has 1 aromatic rings. The molecule has 1 atom stereocenters. The number of nitrogens with one attached hydrogen (secondary N) is 1. The van der Waals surface area contributed by atoms with Crippen LogP contribution in [0.2, 0.25) is 0 Å². The first kappa shape index (κ1) is 12.9. The van der Waals surface area contributed by atoms with Crippen LogP contribution in [-0.2, 0) is 17.6 Å². The first-order valence-electron chi connectivity index (χ1n) is 6.87. The maximum Gasteiger partial charge on any atom is 0.325 e. The van der Waals surface area contributed by atoms with Crippen LogP contribution in [0, 0.1) is 0 Å². The second kappa shape index (κ2) is 4.47. The number of amides is 3. The van der Waals surface area contributed by atoms with Crippen LogP contribution in [0.5, 0.6) is 0 Å². The summed E-state index contributed by atoms with van der Waals surface area (Å²) in [5.74, 6) is -0.111. The SMILES string of the molecule is C=C(C)CN1C(=O)NC2(CCc3ccccc3C2)C1=O. The Morgan fingerprint density at radius 2 is 2.05 bits per heavy atom. The number of carbonyl (C=O) groups is 2. The number of urea groups is 1. The number of aryl methyl sites for hydroxylation is 1. The Bertz CT molecular complexity index is 608. The van der Waals surface area contributed by atoms with E-state index in [1.54, 1.807) is 0 Å². The summed E-state index contributed by atoms with van der Waals surface area (Å²) in [5, 5.41) is 2.91. The van der Waals surface area contributed by atoms with Crippen LogP contribution in [0.3, 0.4) is 0 Å². The molecule has 1 spiro atoms. The van der Waals surface area contributed by atoms with Crippen molar-refractivity contribution in [2.45, 2.75) is 31.7 Å². The summed E-state index contributed by atoms with van der Waals surface area (Å²) in [7, 11) is 0. The maximum atomic E-state index is 12.6. The molecule has 0 bridgehead atoms. The Kier molecular flexibility index (Phi) is 2.89. The van der Waals surface area contributed by atoms with Gasteiger partial charge in [0.1, 0.15) is 5.54 Å². The van der Waals surface area contributed by atoms with Gasteiger partial charge in [-0.1, -0.05) is 36.4 Å². The van der Waals surface area contributed by atoms with Crippen LogP contribution >= 0.6 is 0 Å². The summed E-state index contributed by atoms with van der Waals surface area (Å²) in [6.07, 6.45) is 2.07. The lowest BCUT2D eigenvalue weighted by molar-refractivity contribution is -0.131. The van der Waals surface area contributed by atoms with Gasteiger partial charge in [-0.2, -0.15) is 0 Å². The molecule has 1 unspecified atom stereocenters. The molecule has 0 saturated carbocycles. The van der Waals surface area contributed by atoms with Gasteiger partial charge in [0, 0.05) is 6.42 Å². The number of carbonyl (C=O) groups excluding carboxylic acids is 2. The highest BCUT2D eigenvalue weighted by molar-refractivity contribution is 6.07. The maximum absolute atomic E-state index is 12.6. The summed E-state index contributed by atoms with van der Waals surface area (Å²) in [4.78, 5) is 26.0. The highest BCUT2D eigenvalue weighted by Crippen LogP contribution is 2.33. The van der Waals surface area contributed by atoms with Gasteiger partial charge in [0.2, 0.25) is 0 Å². The van der Waals surface area contributed by atoms with Crippen molar-refractivity contribution in [2.24, 2.45) is 0 Å². The molecule has 104 valence electrons. The molecule has 1 heterocycles. The van der Waals surface area contributed by atoms with Gasteiger partial charge in [0.15, 0.2) is 0 Å². The van der Waals surface area contributed by atoms with Crippen LogP contribution < -0.4 is 5.32 Å². The van der Waals surface area contributed by atoms with Crippen molar-refractivity contribution in [3.05, 3.63) is 47.5 Å². The Hall–Kier alpha value is -2.10. The minimum Gasteiger partial charge on any atom is -0.323 e. The van der Waals surface area contributed by atoms with Crippen molar-refractivity contribution in [2.75, 3.05) is 6.54 Å². The highest BCUT2D eigenvalue weighted by atomic mass is 16.2. The zero-order valence-corrected chi connectivity index (χ0v) is 11.6. The smallest absolute Gasteiger partial charge is 0.323 e. The van der Waals surface area contributed by atoms with Crippen LogP contribution in [0.25, 0.3) is 0 Å². The predicted molar refractivity (Wildman–Crippen MR) is 76.3 cm³/mol. The summed E-state index contributed by atoms with van der Waals surface area (Å²) in [6, 6.07) is 7.83. The number of hydrogen-bond acceptors (Lipinski definition) is 2. The van der Waals surface area contributed by atoms with Gasteiger partial charge in [-0.05, 0) is 30.9 Å². The van der Waals surface area contributed by atoms with E-state index >= 15 is 0 Å². The zero-order valence-electron chi connectivity index (χ0n) is 11.6. The molecule has 4 nitrogen and oxygen atoms in total. The molecule has 20 heavy (non-hydrogen) atoms. The molecule has 0 aromatic heterocycles. The number of imide groups is 1. The van der Waals surface area contributed by atoms with E-state index in [9.17, 15) is 9.59 Å². The van der Waals surface area contributed by atoms with Crippen molar-refractivity contribution < 1.29 is 9.59 Å². The first-order chi connectivity index (χ1) is 9.52. The molecule has 3 amide bonds. The molecule has 2 aliphatic rings. The van der Waals surface area contributed by atoms with E-state index in [2.05, 4.69) is 18.0 Å². The lowest BCUT2D eigenvalue weighted by Crippen LogP contribution is -2.51. The quantitative estimate of drug-likeness (QED) is 0.660. The van der Waals surface area contributed by atoms with E-state index in [-0.39, 0.29) is 11.9 Å². The van der Waals surface area contributed by atoms with E-state index in [1.165, 1.54) is 10.5 Å². The van der Waals surface area contributed by atoms with Gasteiger partial charge in [-0.25, -0.2) is 4.79 Å². The lowest BCUT2D eigenvalue weighted by Gasteiger charge is -2.32. The fraction of sp³-hybridized carbons (Fsp3) is 0.375. The van der Waals surface area contributed by atoms with Gasteiger partial charge < -0.3 is 5.32 Å². The highest BCUT2D eigenvalue weighted by Gasteiger charge is 2.52. The average molecular weight is 270 g/mol. The number of rotatable bonds is 2. The molecule has 3 rings (SSSR count). The second-order valence-corrected chi connectivity index (χ2v) is 5.81. The van der Waals surface area contributed by atoms with Crippen molar-refractivity contribution in [1.82, 2.24) is 10.2 Å². The molecular formula is C16H18N2O2. The number of benzene rings is 1. The number of fused-ring (bicyclic) bond motifs is 1. The molecule has 4 heteroatoms. The lowest BCUT2D eigenvalue weighted by atomic mass is 9.78. The molecule has 1 aliphatic heterocycles. The molecule has 1 fully saturated rings. The van der Waals surface area contributed by atoms with Crippen LogP contribution in [0.4, 0.5) is 4.79 Å². The standard InChI is InChI=1S/C16H18N2O2/c1-11(2)10-18-14(19)16(17-15(18)20)8-7-12-5-3-4-6-13(12)9-16/h3-6H,1,7-10H2,2H3,(H,17,20). The average Bonchev–Trinajstić information content (AvgIpc) is 2.63. The van der Waals surface area contributed by atoms with E-state index < -0.39 is 5.54 Å². The largest absolute Gasteiger partial charge is 0.325 e. The van der Waals surface area contributed by atoms with Gasteiger partial charge in [-0.15, -0.1) is 0 Å². The van der Waals surface area contributed by atoms with Crippen molar-refractivity contribution in [3.63, 3.8) is 0 Å². The van der Waals surface area contributed by atoms with E-state index in [0.29, 0.717) is 19.4 Å². The molecule has 0 radical (unpaired) electrons. The Balaban J connectivity index is 1.90. The molecule has 1 aromatic carbocycles. The minimum absolute atomic E-state index is 0.111. The van der Waals surface area contributed by atoms with Crippen molar-refractivity contribution in [3.8, 4) is 0 Å². The Labute approximate surface area is 118 Å². The second-order valence-electron chi connectivity index (χ2n) is 5.81. The van der Waals surface area contributed by atoms with Crippen molar-refractivity contribution in [1.29, 1.82) is 0 Å². The van der Waals surface area contributed by atoms with Crippen molar-refractivity contribution >= 4 is 11.9 Å². The molecule has 1 saturated heterocycles.